The summed E-state index contributed by atoms with van der Waals surface area (Å²) in [5.41, 5.74) is 0.789. The van der Waals surface area contributed by atoms with Crippen molar-refractivity contribution in [3.8, 4) is 0 Å². The molecule has 1 fully saturated rings. The largest absolute Gasteiger partial charge is 0.469 e. The predicted octanol–water partition coefficient (Wildman–Crippen LogP) is 3.52. The van der Waals surface area contributed by atoms with Crippen LogP contribution in [0.5, 0.6) is 0 Å². The van der Waals surface area contributed by atoms with Crippen LogP contribution in [0.2, 0.25) is 0 Å². The molecule has 1 aromatic heterocycles. The van der Waals surface area contributed by atoms with Crippen LogP contribution in [0.3, 0.4) is 0 Å². The van der Waals surface area contributed by atoms with Crippen LogP contribution < -0.4 is 0 Å². The third-order valence-corrected chi connectivity index (χ3v) is 4.75. The van der Waals surface area contributed by atoms with Crippen LogP contribution in [0.1, 0.15) is 55.8 Å². The van der Waals surface area contributed by atoms with Crippen molar-refractivity contribution in [3.05, 3.63) is 16.1 Å². The number of hydrogen-bond donors (Lipinski definition) is 0. The normalized spacial score (nSPS) is 17.9. The van der Waals surface area contributed by atoms with E-state index in [1.165, 1.54) is 39.2 Å². The van der Waals surface area contributed by atoms with Crippen molar-refractivity contribution in [2.45, 2.75) is 51.6 Å². The molecule has 2 rings (SSSR count). The van der Waals surface area contributed by atoms with E-state index in [1.807, 2.05) is 12.3 Å². The predicted molar refractivity (Wildman–Crippen MR) is 78.8 cm³/mol. The Balaban J connectivity index is 2.06. The second-order valence-electron chi connectivity index (χ2n) is 5.20. The maximum absolute atomic E-state index is 11.3. The van der Waals surface area contributed by atoms with Gasteiger partial charge in [0.1, 0.15) is 11.1 Å². The number of nitrogens with zero attached hydrogens (tertiary/aromatic N) is 1. The van der Waals surface area contributed by atoms with Crippen molar-refractivity contribution >= 4 is 17.3 Å². The summed E-state index contributed by atoms with van der Waals surface area (Å²) in [6.07, 6.45) is 6.69. The molecule has 112 valence electrons. The maximum Gasteiger partial charge on any atom is 0.311 e. The molecule has 1 saturated carbocycles. The Morgan fingerprint density at radius 1 is 1.45 bits per heavy atom. The SMILES string of the molecule is CCOC(c1nc(CC(=O)OC)cs1)C1CCCCC1. The number of thiazole rings is 1. The number of carbonyl (C=O) groups is 1. The van der Waals surface area contributed by atoms with Crippen molar-refractivity contribution in [3.63, 3.8) is 0 Å². The summed E-state index contributed by atoms with van der Waals surface area (Å²) < 4.78 is 10.6. The number of esters is 1. The number of carbonyl (C=O) groups excluding carboxylic acids is 1. The Bertz CT molecular complexity index is 427. The van der Waals surface area contributed by atoms with Crippen molar-refractivity contribution in [2.24, 2.45) is 5.92 Å². The summed E-state index contributed by atoms with van der Waals surface area (Å²) in [6, 6.07) is 0. The quantitative estimate of drug-likeness (QED) is 0.754. The first-order chi connectivity index (χ1) is 9.74. The van der Waals surface area contributed by atoms with Gasteiger partial charge in [-0.1, -0.05) is 19.3 Å². The smallest absolute Gasteiger partial charge is 0.311 e. The van der Waals surface area contributed by atoms with E-state index >= 15 is 0 Å². The first-order valence-corrected chi connectivity index (χ1v) is 8.25. The second-order valence-corrected chi connectivity index (χ2v) is 6.09. The van der Waals surface area contributed by atoms with Crippen LogP contribution in [0.4, 0.5) is 0 Å². The summed E-state index contributed by atoms with van der Waals surface area (Å²) in [6.45, 7) is 2.73. The lowest BCUT2D eigenvalue weighted by Crippen LogP contribution is -2.19. The fourth-order valence-electron chi connectivity index (χ4n) is 2.78. The summed E-state index contributed by atoms with van der Waals surface area (Å²) in [7, 11) is 1.40. The van der Waals surface area contributed by atoms with Crippen molar-refractivity contribution < 1.29 is 14.3 Å². The molecular weight excluding hydrogens is 274 g/mol. The van der Waals surface area contributed by atoms with E-state index in [0.29, 0.717) is 12.5 Å². The molecule has 0 amide bonds. The third kappa shape index (κ3) is 4.03. The zero-order valence-electron chi connectivity index (χ0n) is 12.3. The molecule has 1 aliphatic rings. The topological polar surface area (TPSA) is 48.4 Å². The lowest BCUT2D eigenvalue weighted by molar-refractivity contribution is -0.139. The summed E-state index contributed by atoms with van der Waals surface area (Å²) in [5.74, 6) is 0.327. The zero-order chi connectivity index (χ0) is 14.4. The van der Waals surface area contributed by atoms with Gasteiger partial charge in [-0.15, -0.1) is 11.3 Å². The van der Waals surface area contributed by atoms with Crippen molar-refractivity contribution in [1.82, 2.24) is 4.98 Å². The molecule has 1 heterocycles. The van der Waals surface area contributed by atoms with Gasteiger partial charge in [-0.25, -0.2) is 4.98 Å². The summed E-state index contributed by atoms with van der Waals surface area (Å²) >= 11 is 1.60. The average molecular weight is 297 g/mol. The highest BCUT2D eigenvalue weighted by Crippen LogP contribution is 2.38. The Labute approximate surface area is 124 Å². The Hall–Kier alpha value is -0.940. The summed E-state index contributed by atoms with van der Waals surface area (Å²) in [5, 5.41) is 2.96. The van der Waals surface area contributed by atoms with E-state index in [9.17, 15) is 4.79 Å². The molecule has 1 atom stereocenters. The number of aromatic nitrogens is 1. The van der Waals surface area contributed by atoms with E-state index in [1.54, 1.807) is 11.3 Å². The Kier molecular flexibility index (Phi) is 5.98. The van der Waals surface area contributed by atoms with Gasteiger partial charge >= 0.3 is 5.97 Å². The van der Waals surface area contributed by atoms with Crippen LogP contribution in [0.15, 0.2) is 5.38 Å². The molecule has 0 bridgehead atoms. The number of methoxy groups -OCH3 is 1. The van der Waals surface area contributed by atoms with Gasteiger partial charge in [0, 0.05) is 12.0 Å². The minimum absolute atomic E-state index is 0.0942. The van der Waals surface area contributed by atoms with E-state index in [-0.39, 0.29) is 18.5 Å². The van der Waals surface area contributed by atoms with Gasteiger partial charge in [-0.3, -0.25) is 4.79 Å². The molecule has 0 spiro atoms. The van der Waals surface area contributed by atoms with Gasteiger partial charge in [0.05, 0.1) is 19.2 Å². The average Bonchev–Trinajstić information content (AvgIpc) is 2.93. The van der Waals surface area contributed by atoms with Crippen LogP contribution in [0, 0.1) is 5.92 Å². The van der Waals surface area contributed by atoms with E-state index in [0.717, 1.165) is 10.7 Å². The van der Waals surface area contributed by atoms with Crippen molar-refractivity contribution in [2.75, 3.05) is 13.7 Å². The van der Waals surface area contributed by atoms with Crippen LogP contribution >= 0.6 is 11.3 Å². The Morgan fingerprint density at radius 3 is 2.85 bits per heavy atom. The fourth-order valence-corrected chi connectivity index (χ4v) is 3.74. The number of hydrogen-bond acceptors (Lipinski definition) is 5. The molecule has 0 saturated heterocycles. The molecule has 0 N–H and O–H groups in total. The maximum atomic E-state index is 11.3. The van der Waals surface area contributed by atoms with Crippen LogP contribution in [-0.2, 0) is 20.7 Å². The molecule has 0 radical (unpaired) electrons. The van der Waals surface area contributed by atoms with Crippen LogP contribution in [0.25, 0.3) is 0 Å². The third-order valence-electron chi connectivity index (χ3n) is 3.79. The fraction of sp³-hybridized carbons (Fsp3) is 0.733. The molecule has 0 aromatic carbocycles. The summed E-state index contributed by atoms with van der Waals surface area (Å²) in [4.78, 5) is 15.9. The van der Waals surface area contributed by atoms with Gasteiger partial charge < -0.3 is 9.47 Å². The zero-order valence-corrected chi connectivity index (χ0v) is 13.1. The highest BCUT2D eigenvalue weighted by molar-refractivity contribution is 7.09. The molecular formula is C15H23NO3S. The highest BCUT2D eigenvalue weighted by Gasteiger charge is 2.28. The van der Waals surface area contributed by atoms with Crippen LogP contribution in [-0.4, -0.2) is 24.7 Å². The molecule has 20 heavy (non-hydrogen) atoms. The first-order valence-electron chi connectivity index (χ1n) is 7.37. The highest BCUT2D eigenvalue weighted by atomic mass is 32.1. The van der Waals surface area contributed by atoms with Gasteiger partial charge in [0.25, 0.3) is 0 Å². The lowest BCUT2D eigenvalue weighted by Gasteiger charge is -2.28. The Morgan fingerprint density at radius 2 is 2.20 bits per heavy atom. The molecule has 0 aliphatic heterocycles. The van der Waals surface area contributed by atoms with Gasteiger partial charge in [-0.05, 0) is 25.7 Å². The monoisotopic (exact) mass is 297 g/mol. The number of rotatable bonds is 6. The lowest BCUT2D eigenvalue weighted by atomic mass is 9.85. The molecule has 1 aliphatic carbocycles. The first kappa shape index (κ1) is 15.4. The van der Waals surface area contributed by atoms with E-state index in [2.05, 4.69) is 9.72 Å². The van der Waals surface area contributed by atoms with Gasteiger partial charge in [0.15, 0.2) is 0 Å². The van der Waals surface area contributed by atoms with Gasteiger partial charge in [0.2, 0.25) is 0 Å². The van der Waals surface area contributed by atoms with Gasteiger partial charge in [-0.2, -0.15) is 0 Å². The molecule has 5 heteroatoms. The minimum Gasteiger partial charge on any atom is -0.469 e. The minimum atomic E-state index is -0.243. The van der Waals surface area contributed by atoms with Crippen molar-refractivity contribution in [1.29, 1.82) is 0 Å². The standard InChI is InChI=1S/C15H23NO3S/c1-3-19-14(11-7-5-4-6-8-11)15-16-12(10-20-15)9-13(17)18-2/h10-11,14H,3-9H2,1-2H3. The van der Waals surface area contributed by atoms with E-state index in [4.69, 9.17) is 4.74 Å². The molecule has 4 nitrogen and oxygen atoms in total. The second kappa shape index (κ2) is 7.74. The molecule has 1 aromatic rings. The number of ether oxygens (including phenoxy) is 2. The van der Waals surface area contributed by atoms with E-state index < -0.39 is 0 Å². The molecule has 1 unspecified atom stereocenters.